The minimum atomic E-state index is 0.704. The maximum Gasteiger partial charge on any atom is 0.0737 e. The van der Waals surface area contributed by atoms with E-state index in [1.165, 1.54) is 0 Å². The van der Waals surface area contributed by atoms with Gasteiger partial charge in [0.15, 0.2) is 0 Å². The van der Waals surface area contributed by atoms with Gasteiger partial charge in [0.2, 0.25) is 0 Å². The van der Waals surface area contributed by atoms with Gasteiger partial charge in [0.25, 0.3) is 0 Å². The fraction of sp³-hybridized carbons (Fsp3) is 0.308. The largest absolute Gasteiger partial charge is 0.383 e. The number of fused-ring (bicyclic) bond motifs is 2. The van der Waals surface area contributed by atoms with Gasteiger partial charge in [0.05, 0.1) is 11.0 Å². The van der Waals surface area contributed by atoms with Crippen LogP contribution in [0.3, 0.4) is 0 Å². The van der Waals surface area contributed by atoms with Gasteiger partial charge in [0.1, 0.15) is 0 Å². The second-order valence-corrected chi connectivity index (χ2v) is 9.37. The zero-order chi connectivity index (χ0) is 23.9. The number of likely N-dealkylation sites (N-methyl/N-ethyl adjacent to an activating group) is 2. The lowest BCUT2D eigenvalue weighted by atomic mass is 10.2. The molecule has 0 aliphatic rings. The zero-order valence-corrected chi connectivity index (χ0v) is 21.1. The number of halogens is 2. The highest BCUT2D eigenvalue weighted by Gasteiger charge is 2.06. The molecule has 2 heterocycles. The molecule has 2 aromatic carbocycles. The van der Waals surface area contributed by atoms with E-state index in [9.17, 15) is 0 Å². The van der Waals surface area contributed by atoms with E-state index in [0.717, 1.165) is 72.4 Å². The fourth-order valence-electron chi connectivity index (χ4n) is 3.88. The number of anilines is 2. The van der Waals surface area contributed by atoms with Crippen LogP contribution in [0.4, 0.5) is 11.4 Å². The van der Waals surface area contributed by atoms with Crippen molar-refractivity contribution < 1.29 is 0 Å². The van der Waals surface area contributed by atoms with Crippen LogP contribution in [0.2, 0.25) is 10.0 Å². The maximum atomic E-state index is 6.09. The number of rotatable bonds is 11. The number of benzene rings is 2. The summed E-state index contributed by atoms with van der Waals surface area (Å²) in [6, 6.07) is 15.7. The van der Waals surface area contributed by atoms with Crippen molar-refractivity contribution >= 4 is 56.4 Å². The molecular weight excluding hydrogens is 467 g/mol. The Balaban J connectivity index is 1.17. The van der Waals surface area contributed by atoms with Gasteiger partial charge < -0.3 is 20.4 Å². The van der Waals surface area contributed by atoms with Crippen molar-refractivity contribution in [2.75, 3.05) is 64.0 Å². The van der Waals surface area contributed by atoms with Crippen LogP contribution in [0.15, 0.2) is 60.9 Å². The topological polar surface area (TPSA) is 56.3 Å². The van der Waals surface area contributed by atoms with E-state index in [1.54, 1.807) is 0 Å². The second kappa shape index (κ2) is 11.7. The molecule has 0 unspecified atom stereocenters. The van der Waals surface area contributed by atoms with Gasteiger partial charge in [-0.15, -0.1) is 0 Å². The highest BCUT2D eigenvalue weighted by molar-refractivity contribution is 6.31. The zero-order valence-electron chi connectivity index (χ0n) is 19.6. The first-order valence-electron chi connectivity index (χ1n) is 11.4. The van der Waals surface area contributed by atoms with Gasteiger partial charge in [-0.05, 0) is 62.6 Å². The van der Waals surface area contributed by atoms with Crippen molar-refractivity contribution in [1.29, 1.82) is 0 Å². The molecule has 0 bridgehead atoms. The van der Waals surface area contributed by atoms with Gasteiger partial charge in [-0.25, -0.2) is 0 Å². The first-order chi connectivity index (χ1) is 16.5. The first kappa shape index (κ1) is 24.5. The smallest absolute Gasteiger partial charge is 0.0737 e. The van der Waals surface area contributed by atoms with Crippen LogP contribution < -0.4 is 10.6 Å². The molecule has 2 N–H and O–H groups in total. The van der Waals surface area contributed by atoms with E-state index in [2.05, 4.69) is 44.5 Å². The van der Waals surface area contributed by atoms with Crippen LogP contribution in [0, 0.1) is 0 Å². The summed E-state index contributed by atoms with van der Waals surface area (Å²) in [4.78, 5) is 13.5. The monoisotopic (exact) mass is 496 g/mol. The Morgan fingerprint density at radius 3 is 1.53 bits per heavy atom. The highest BCUT2D eigenvalue weighted by Crippen LogP contribution is 2.25. The normalized spacial score (nSPS) is 11.6. The van der Waals surface area contributed by atoms with Crippen LogP contribution >= 0.6 is 23.2 Å². The van der Waals surface area contributed by atoms with Crippen molar-refractivity contribution in [2.45, 2.75) is 0 Å². The Kier molecular flexibility index (Phi) is 8.40. The molecule has 6 nitrogen and oxygen atoms in total. The molecule has 0 radical (unpaired) electrons. The molecule has 0 fully saturated rings. The summed E-state index contributed by atoms with van der Waals surface area (Å²) in [6.45, 7) is 5.64. The summed E-state index contributed by atoms with van der Waals surface area (Å²) in [5.41, 5.74) is 3.99. The number of pyridine rings is 2. The first-order valence-corrected chi connectivity index (χ1v) is 12.2. The third-order valence-corrected chi connectivity index (χ3v) is 6.36. The van der Waals surface area contributed by atoms with E-state index in [0.29, 0.717) is 10.0 Å². The molecule has 4 aromatic rings. The van der Waals surface area contributed by atoms with E-state index in [4.69, 9.17) is 23.2 Å². The van der Waals surface area contributed by atoms with E-state index < -0.39 is 0 Å². The Hall–Kier alpha value is -2.64. The summed E-state index contributed by atoms with van der Waals surface area (Å²) in [5.74, 6) is 0. The molecule has 0 atom stereocenters. The Labute approximate surface area is 210 Å². The van der Waals surface area contributed by atoms with Crippen LogP contribution in [0.5, 0.6) is 0 Å². The van der Waals surface area contributed by atoms with E-state index in [1.807, 2.05) is 60.9 Å². The summed E-state index contributed by atoms with van der Waals surface area (Å²) in [6.07, 6.45) is 3.63. The third-order valence-electron chi connectivity index (χ3n) is 5.89. The standard InChI is InChI=1S/C26H30Cl2N6/c1-33(13-11-31-23-7-9-29-25-17-19(27)3-5-21(23)25)15-16-34(2)14-12-32-24-8-10-30-26-18-20(28)4-6-22(24)26/h3-10,17-18H,11-16H2,1-2H3,(H,29,31)(H,30,32). The van der Waals surface area contributed by atoms with Gasteiger partial charge in [-0.1, -0.05) is 23.2 Å². The summed E-state index contributed by atoms with van der Waals surface area (Å²) in [5, 5.41) is 10.7. The summed E-state index contributed by atoms with van der Waals surface area (Å²) >= 11 is 12.2. The van der Waals surface area contributed by atoms with Crippen LogP contribution in [0.25, 0.3) is 21.8 Å². The number of nitrogens with one attached hydrogen (secondary N) is 2. The highest BCUT2D eigenvalue weighted by atomic mass is 35.5. The second-order valence-electron chi connectivity index (χ2n) is 8.50. The van der Waals surface area contributed by atoms with Gasteiger partial charge >= 0.3 is 0 Å². The Morgan fingerprint density at radius 1 is 0.647 bits per heavy atom. The van der Waals surface area contributed by atoms with Crippen LogP contribution in [0.1, 0.15) is 0 Å². The van der Waals surface area contributed by atoms with Crippen molar-refractivity contribution in [2.24, 2.45) is 0 Å². The average molecular weight is 497 g/mol. The molecule has 0 aliphatic heterocycles. The van der Waals surface area contributed by atoms with Crippen molar-refractivity contribution in [3.05, 3.63) is 71.0 Å². The predicted octanol–water partition coefficient (Wildman–Crippen LogP) is 5.48. The minimum Gasteiger partial charge on any atom is -0.383 e. The van der Waals surface area contributed by atoms with Crippen molar-refractivity contribution in [3.63, 3.8) is 0 Å². The minimum absolute atomic E-state index is 0.704. The van der Waals surface area contributed by atoms with E-state index in [-0.39, 0.29) is 0 Å². The van der Waals surface area contributed by atoms with Crippen molar-refractivity contribution in [1.82, 2.24) is 19.8 Å². The molecule has 4 rings (SSSR count). The molecule has 2 aromatic heterocycles. The third kappa shape index (κ3) is 6.48. The molecule has 8 heteroatoms. The summed E-state index contributed by atoms with van der Waals surface area (Å²) in [7, 11) is 4.32. The fourth-order valence-corrected chi connectivity index (χ4v) is 4.21. The molecule has 0 amide bonds. The average Bonchev–Trinajstić information content (AvgIpc) is 2.82. The Bertz CT molecular complexity index is 1150. The number of nitrogens with zero attached hydrogens (tertiary/aromatic N) is 4. The van der Waals surface area contributed by atoms with Gasteiger partial charge in [-0.3, -0.25) is 9.97 Å². The number of aromatic nitrogens is 2. The lowest BCUT2D eigenvalue weighted by Crippen LogP contribution is -2.35. The maximum absolute atomic E-state index is 6.09. The molecule has 0 saturated carbocycles. The molecule has 0 aliphatic carbocycles. The van der Waals surface area contributed by atoms with Crippen LogP contribution in [-0.2, 0) is 0 Å². The van der Waals surface area contributed by atoms with Gasteiger partial charge in [-0.2, -0.15) is 0 Å². The quantitative estimate of drug-likeness (QED) is 0.286. The summed E-state index contributed by atoms with van der Waals surface area (Å²) < 4.78 is 0. The molecule has 0 spiro atoms. The molecular formula is C26H30Cl2N6. The molecule has 34 heavy (non-hydrogen) atoms. The van der Waals surface area contributed by atoms with Gasteiger partial charge in [0, 0.05) is 83.9 Å². The van der Waals surface area contributed by atoms with E-state index >= 15 is 0 Å². The molecule has 178 valence electrons. The number of hydrogen-bond acceptors (Lipinski definition) is 6. The lowest BCUT2D eigenvalue weighted by Gasteiger charge is -2.23. The van der Waals surface area contributed by atoms with Crippen LogP contribution in [-0.4, -0.2) is 73.1 Å². The number of hydrogen-bond donors (Lipinski definition) is 2. The molecule has 0 saturated heterocycles. The van der Waals surface area contributed by atoms with Crippen molar-refractivity contribution in [3.8, 4) is 0 Å². The SMILES string of the molecule is CN(CCNc1ccnc2cc(Cl)ccc12)CCN(C)CCNc1ccnc2cc(Cl)ccc12. The Morgan fingerprint density at radius 2 is 1.09 bits per heavy atom. The lowest BCUT2D eigenvalue weighted by molar-refractivity contribution is 0.267. The predicted molar refractivity (Wildman–Crippen MR) is 145 cm³/mol.